The Balaban J connectivity index is 1.76. The Morgan fingerprint density at radius 3 is 2.31 bits per heavy atom. The monoisotopic (exact) mass is 483 g/mol. The molecule has 35 heavy (non-hydrogen) atoms. The van der Waals surface area contributed by atoms with Crippen molar-refractivity contribution >= 4 is 11.7 Å². The lowest BCUT2D eigenvalue weighted by atomic mass is 9.87. The third-order valence-electron chi connectivity index (χ3n) is 7.44. The molecule has 2 aromatic carbocycles. The lowest BCUT2D eigenvalue weighted by Crippen LogP contribution is -2.50. The van der Waals surface area contributed by atoms with Gasteiger partial charge >= 0.3 is 5.97 Å². The maximum Gasteiger partial charge on any atom is 0.329 e. The van der Waals surface area contributed by atoms with Crippen molar-refractivity contribution < 1.29 is 28.8 Å². The molecule has 0 aliphatic carbocycles. The second-order valence-electron chi connectivity index (χ2n) is 9.73. The Morgan fingerprint density at radius 2 is 1.74 bits per heavy atom. The number of aryl methyl sites for hydroxylation is 2. The van der Waals surface area contributed by atoms with E-state index >= 15 is 0 Å². The second kappa shape index (κ2) is 10.9. The number of benzene rings is 2. The van der Waals surface area contributed by atoms with Gasteiger partial charge in [-0.3, -0.25) is 0 Å². The van der Waals surface area contributed by atoms with E-state index < -0.39 is 11.5 Å². The van der Waals surface area contributed by atoms with Crippen LogP contribution in [0.1, 0.15) is 42.4 Å². The van der Waals surface area contributed by atoms with Crippen LogP contribution in [0.2, 0.25) is 0 Å². The van der Waals surface area contributed by atoms with Gasteiger partial charge in [-0.1, -0.05) is 0 Å². The molecule has 1 atom stereocenters. The van der Waals surface area contributed by atoms with Crippen LogP contribution in [0.4, 0.5) is 5.69 Å². The third-order valence-corrected chi connectivity index (χ3v) is 7.44. The van der Waals surface area contributed by atoms with E-state index in [0.29, 0.717) is 32.0 Å². The smallest absolute Gasteiger partial charge is 0.329 e. The Labute approximate surface area is 207 Å². The average molecular weight is 484 g/mol. The van der Waals surface area contributed by atoms with Gasteiger partial charge in [0, 0.05) is 50.5 Å². The minimum absolute atomic E-state index is 0.435. The molecule has 2 aromatic rings. The minimum Gasteiger partial charge on any atom is -0.496 e. The zero-order valence-electron chi connectivity index (χ0n) is 21.2. The first kappa shape index (κ1) is 25.3. The number of aliphatic carboxylic acids is 1. The highest BCUT2D eigenvalue weighted by atomic mass is 16.5. The first-order valence-corrected chi connectivity index (χ1v) is 12.4. The average Bonchev–Trinajstić information content (AvgIpc) is 3.37. The van der Waals surface area contributed by atoms with E-state index in [4.69, 9.17) is 18.9 Å². The molecule has 0 saturated carbocycles. The van der Waals surface area contributed by atoms with Gasteiger partial charge in [0.05, 0.1) is 14.2 Å². The van der Waals surface area contributed by atoms with Gasteiger partial charge in [-0.25, -0.2) is 4.79 Å². The molecule has 0 spiro atoms. The summed E-state index contributed by atoms with van der Waals surface area (Å²) in [7, 11) is 3.34. The van der Waals surface area contributed by atoms with Crippen molar-refractivity contribution in [1.82, 2.24) is 0 Å². The number of anilines is 1. The second-order valence-corrected chi connectivity index (χ2v) is 9.73. The van der Waals surface area contributed by atoms with Gasteiger partial charge in [0.2, 0.25) is 0 Å². The number of ether oxygens (including phenoxy) is 4. The van der Waals surface area contributed by atoms with E-state index in [2.05, 4.69) is 36.5 Å². The van der Waals surface area contributed by atoms with Gasteiger partial charge < -0.3 is 29.4 Å². The molecule has 2 N–H and O–H groups in total. The predicted octanol–water partition coefficient (Wildman–Crippen LogP) is 5.00. The summed E-state index contributed by atoms with van der Waals surface area (Å²) in [5.74, 6) is 1.27. The Bertz CT molecular complexity index is 1030. The molecule has 0 radical (unpaired) electrons. The summed E-state index contributed by atoms with van der Waals surface area (Å²) in [4.78, 5) is 12.3. The molecule has 2 fully saturated rings. The van der Waals surface area contributed by atoms with Gasteiger partial charge in [0.15, 0.2) is 0 Å². The van der Waals surface area contributed by atoms with Crippen LogP contribution in [0, 0.1) is 19.8 Å². The molecule has 2 saturated heterocycles. The minimum atomic E-state index is -1.01. The third kappa shape index (κ3) is 5.41. The van der Waals surface area contributed by atoms with Crippen LogP contribution in [0.5, 0.6) is 11.5 Å². The molecule has 2 heterocycles. The van der Waals surface area contributed by atoms with E-state index in [1.165, 1.54) is 5.56 Å². The Hall–Kier alpha value is -2.77. The lowest BCUT2D eigenvalue weighted by molar-refractivity contribution is -0.145. The molecular weight excluding hydrogens is 446 g/mol. The van der Waals surface area contributed by atoms with Crippen LogP contribution in [0.3, 0.4) is 0 Å². The van der Waals surface area contributed by atoms with Crippen LogP contribution >= 0.6 is 0 Å². The summed E-state index contributed by atoms with van der Waals surface area (Å²) in [5, 5.41) is 13.4. The summed E-state index contributed by atoms with van der Waals surface area (Å²) in [6.07, 6.45) is 3.85. The molecule has 0 bridgehead atoms. The first-order chi connectivity index (χ1) is 16.9. The maximum absolute atomic E-state index is 12.3. The predicted molar refractivity (Wildman–Crippen MR) is 136 cm³/mol. The van der Waals surface area contributed by atoms with E-state index in [-0.39, 0.29) is 0 Å². The van der Waals surface area contributed by atoms with Crippen molar-refractivity contribution in [3.8, 4) is 22.6 Å². The van der Waals surface area contributed by atoms with Gasteiger partial charge in [0.25, 0.3) is 0 Å². The molecule has 0 unspecified atom stereocenters. The van der Waals surface area contributed by atoms with Gasteiger partial charge in [-0.2, -0.15) is 0 Å². The van der Waals surface area contributed by atoms with Crippen molar-refractivity contribution in [1.29, 1.82) is 0 Å². The molecule has 190 valence electrons. The summed E-state index contributed by atoms with van der Waals surface area (Å²) in [5.41, 5.74) is 5.21. The highest BCUT2D eigenvalue weighted by Crippen LogP contribution is 2.40. The zero-order chi connectivity index (χ0) is 25.0. The highest BCUT2D eigenvalue weighted by Gasteiger charge is 2.40. The Morgan fingerprint density at radius 1 is 1.06 bits per heavy atom. The molecule has 0 aromatic heterocycles. The molecule has 7 nitrogen and oxygen atoms in total. The van der Waals surface area contributed by atoms with Gasteiger partial charge in [0.1, 0.15) is 17.0 Å². The molecule has 2 aliphatic rings. The number of rotatable bonds is 9. The van der Waals surface area contributed by atoms with Crippen LogP contribution < -0.4 is 14.8 Å². The van der Waals surface area contributed by atoms with Crippen molar-refractivity contribution in [2.24, 2.45) is 5.92 Å². The van der Waals surface area contributed by atoms with Crippen molar-refractivity contribution in [2.45, 2.75) is 51.5 Å². The topological polar surface area (TPSA) is 86.3 Å². The van der Waals surface area contributed by atoms with E-state index in [9.17, 15) is 9.90 Å². The fraction of sp³-hybridized carbons (Fsp3) is 0.536. The van der Waals surface area contributed by atoms with Crippen LogP contribution in [0.15, 0.2) is 24.3 Å². The highest BCUT2D eigenvalue weighted by molar-refractivity contribution is 5.84. The van der Waals surface area contributed by atoms with E-state index in [1.54, 1.807) is 14.2 Å². The summed E-state index contributed by atoms with van der Waals surface area (Å²) < 4.78 is 22.3. The van der Waals surface area contributed by atoms with Crippen LogP contribution in [-0.2, 0) is 20.7 Å². The molecule has 7 heteroatoms. The van der Waals surface area contributed by atoms with Gasteiger partial charge in [-0.15, -0.1) is 0 Å². The molecular formula is C28H37NO6. The standard InChI is InChI=1S/C28H37NO6/c1-18-13-23(29-28(27(30)31)8-11-34-12-9-28)14-21(6-5-20-7-10-35-17-20)26(18)22-15-24(32-3)19(2)25(16-22)33-4/h13-16,20,29H,5-12,17H2,1-4H3,(H,30,31)/t20-/m1/s1. The van der Waals surface area contributed by atoms with Gasteiger partial charge in [-0.05, 0) is 85.5 Å². The van der Waals surface area contributed by atoms with Crippen molar-refractivity contribution in [3.05, 3.63) is 41.0 Å². The number of nitrogens with one attached hydrogen (secondary N) is 1. The number of hydrogen-bond acceptors (Lipinski definition) is 6. The number of hydrogen-bond donors (Lipinski definition) is 2. The molecule has 2 aliphatic heterocycles. The van der Waals surface area contributed by atoms with E-state index in [1.807, 2.05) is 6.92 Å². The summed E-state index contributed by atoms with van der Waals surface area (Å²) >= 11 is 0. The summed E-state index contributed by atoms with van der Waals surface area (Å²) in [6, 6.07) is 8.30. The number of carbonyl (C=O) groups is 1. The van der Waals surface area contributed by atoms with Crippen LogP contribution in [0.25, 0.3) is 11.1 Å². The quantitative estimate of drug-likeness (QED) is 0.519. The molecule has 4 rings (SSSR count). The van der Waals surface area contributed by atoms with Crippen molar-refractivity contribution in [2.75, 3.05) is 46.0 Å². The number of carboxylic acid groups (broad SMARTS) is 1. The molecule has 0 amide bonds. The normalized spacial score (nSPS) is 19.4. The maximum atomic E-state index is 12.3. The summed E-state index contributed by atoms with van der Waals surface area (Å²) in [6.45, 7) is 6.58. The lowest BCUT2D eigenvalue weighted by Gasteiger charge is -2.35. The van der Waals surface area contributed by atoms with Crippen LogP contribution in [-0.4, -0.2) is 57.3 Å². The largest absolute Gasteiger partial charge is 0.496 e. The SMILES string of the molecule is COc1cc(-c2c(C)cc(NC3(C(=O)O)CCOCC3)cc2CC[C@@H]2CCOC2)cc(OC)c1C. The zero-order valence-corrected chi connectivity index (χ0v) is 21.2. The Kier molecular flexibility index (Phi) is 7.87. The number of carboxylic acids is 1. The van der Waals surface area contributed by atoms with E-state index in [0.717, 1.165) is 71.9 Å². The fourth-order valence-corrected chi connectivity index (χ4v) is 5.33. The first-order valence-electron chi connectivity index (χ1n) is 12.4. The van der Waals surface area contributed by atoms with Crippen molar-refractivity contribution in [3.63, 3.8) is 0 Å². The number of methoxy groups -OCH3 is 2. The fourth-order valence-electron chi connectivity index (χ4n) is 5.33.